The highest BCUT2D eigenvalue weighted by Crippen LogP contribution is 2.30. The summed E-state index contributed by atoms with van der Waals surface area (Å²) >= 11 is 0. The third kappa shape index (κ3) is 3.67. The van der Waals surface area contributed by atoms with Crippen molar-refractivity contribution < 1.29 is 9.32 Å². The van der Waals surface area contributed by atoms with Crippen LogP contribution in [0.4, 0.5) is 0 Å². The van der Waals surface area contributed by atoms with Crippen LogP contribution in [0.2, 0.25) is 0 Å². The molecular weight excluding hydrogens is 356 g/mol. The third-order valence-corrected chi connectivity index (χ3v) is 5.18. The topological polar surface area (TPSA) is 98.7 Å². The number of hydrogen-bond acceptors (Lipinski definition) is 6. The van der Waals surface area contributed by atoms with Crippen molar-refractivity contribution in [2.24, 2.45) is 0 Å². The second-order valence-electron chi connectivity index (χ2n) is 7.18. The van der Waals surface area contributed by atoms with Crippen molar-refractivity contribution in [3.8, 4) is 11.4 Å². The lowest BCUT2D eigenvalue weighted by Crippen LogP contribution is -2.31. The summed E-state index contributed by atoms with van der Waals surface area (Å²) in [6.45, 7) is 3.88. The molecule has 146 valence electrons. The molecule has 8 heteroatoms. The molecule has 0 aromatic carbocycles. The van der Waals surface area contributed by atoms with Gasteiger partial charge in [-0.15, -0.1) is 0 Å². The first-order chi connectivity index (χ1) is 13.7. The van der Waals surface area contributed by atoms with Crippen molar-refractivity contribution in [2.75, 3.05) is 0 Å². The quantitative estimate of drug-likeness (QED) is 0.701. The van der Waals surface area contributed by atoms with Crippen LogP contribution in [-0.2, 0) is 0 Å². The van der Waals surface area contributed by atoms with Gasteiger partial charge < -0.3 is 9.84 Å². The van der Waals surface area contributed by atoms with Crippen LogP contribution >= 0.6 is 0 Å². The van der Waals surface area contributed by atoms with Crippen LogP contribution < -0.4 is 5.32 Å². The Kier molecular flexibility index (Phi) is 5.18. The molecule has 28 heavy (non-hydrogen) atoms. The lowest BCUT2D eigenvalue weighted by Gasteiger charge is -2.16. The van der Waals surface area contributed by atoms with E-state index in [0.717, 1.165) is 24.1 Å². The molecule has 1 atom stereocenters. The highest BCUT2D eigenvalue weighted by atomic mass is 16.5. The van der Waals surface area contributed by atoms with Crippen LogP contribution in [-0.4, -0.2) is 30.8 Å². The maximum atomic E-state index is 12.9. The molecule has 8 nitrogen and oxygen atoms in total. The van der Waals surface area contributed by atoms with Gasteiger partial charge in [-0.3, -0.25) is 14.5 Å². The van der Waals surface area contributed by atoms with E-state index in [1.165, 1.54) is 12.8 Å². The Morgan fingerprint density at radius 1 is 1.32 bits per heavy atom. The van der Waals surface area contributed by atoms with Gasteiger partial charge in [0.2, 0.25) is 11.7 Å². The van der Waals surface area contributed by atoms with Crippen molar-refractivity contribution in [1.82, 2.24) is 30.2 Å². The van der Waals surface area contributed by atoms with E-state index in [2.05, 4.69) is 25.5 Å². The lowest BCUT2D eigenvalue weighted by molar-refractivity contribution is 0.0913. The Morgan fingerprint density at radius 2 is 2.14 bits per heavy atom. The van der Waals surface area contributed by atoms with E-state index >= 15 is 0 Å². The maximum absolute atomic E-state index is 12.9. The minimum absolute atomic E-state index is 0.171. The SMILES string of the molecule is CCC(NC(=O)c1ccnn1C1CCCC1)c1nc(-c2ccnc(C)c2)no1. The maximum Gasteiger partial charge on any atom is 0.270 e. The fourth-order valence-electron chi connectivity index (χ4n) is 3.68. The smallest absolute Gasteiger partial charge is 0.270 e. The van der Waals surface area contributed by atoms with Crippen LogP contribution in [0, 0.1) is 6.92 Å². The average molecular weight is 380 g/mol. The summed E-state index contributed by atoms with van der Waals surface area (Å²) in [6, 6.07) is 5.44. The molecule has 3 heterocycles. The summed E-state index contributed by atoms with van der Waals surface area (Å²) in [5.74, 6) is 0.715. The molecule has 0 saturated heterocycles. The second kappa shape index (κ2) is 7.92. The van der Waals surface area contributed by atoms with Crippen LogP contribution in [0.15, 0.2) is 35.1 Å². The summed E-state index contributed by atoms with van der Waals surface area (Å²) in [4.78, 5) is 21.5. The minimum atomic E-state index is -0.358. The number of amides is 1. The fourth-order valence-corrected chi connectivity index (χ4v) is 3.68. The summed E-state index contributed by atoms with van der Waals surface area (Å²) in [6.07, 6.45) is 8.54. The van der Waals surface area contributed by atoms with E-state index in [0.29, 0.717) is 29.9 Å². The number of carbonyl (C=O) groups is 1. The molecule has 1 aliphatic rings. The van der Waals surface area contributed by atoms with Crippen molar-refractivity contribution in [1.29, 1.82) is 0 Å². The van der Waals surface area contributed by atoms with E-state index in [1.807, 2.05) is 30.7 Å². The predicted octanol–water partition coefficient (Wildman–Crippen LogP) is 3.63. The molecule has 1 amide bonds. The molecule has 1 fully saturated rings. The number of aryl methyl sites for hydroxylation is 1. The fraction of sp³-hybridized carbons (Fsp3) is 0.450. The number of carbonyl (C=O) groups excluding carboxylic acids is 1. The average Bonchev–Trinajstić information content (AvgIpc) is 3.46. The van der Waals surface area contributed by atoms with E-state index < -0.39 is 0 Å². The van der Waals surface area contributed by atoms with Crippen molar-refractivity contribution in [3.05, 3.63) is 47.9 Å². The predicted molar refractivity (Wildman–Crippen MR) is 102 cm³/mol. The van der Waals surface area contributed by atoms with Gasteiger partial charge in [0.1, 0.15) is 11.7 Å². The molecule has 0 aliphatic heterocycles. The second-order valence-corrected chi connectivity index (χ2v) is 7.18. The van der Waals surface area contributed by atoms with Crippen LogP contribution in [0.5, 0.6) is 0 Å². The molecule has 4 rings (SSSR count). The molecular formula is C20H24N6O2. The number of pyridine rings is 1. The lowest BCUT2D eigenvalue weighted by atomic mass is 10.2. The molecule has 1 unspecified atom stereocenters. The monoisotopic (exact) mass is 380 g/mol. The van der Waals surface area contributed by atoms with Crippen LogP contribution in [0.25, 0.3) is 11.4 Å². The highest BCUT2D eigenvalue weighted by molar-refractivity contribution is 5.92. The molecule has 0 radical (unpaired) electrons. The minimum Gasteiger partial charge on any atom is -0.339 e. The first-order valence-corrected chi connectivity index (χ1v) is 9.76. The standard InChI is InChI=1S/C20H24N6O2/c1-3-16(20-24-18(25-28-20)14-8-10-21-13(2)12-14)23-19(27)17-9-11-22-26(17)15-6-4-5-7-15/h8-12,15-16H,3-7H2,1-2H3,(H,23,27). The van der Waals surface area contributed by atoms with E-state index in [4.69, 9.17) is 4.52 Å². The van der Waals surface area contributed by atoms with E-state index in [9.17, 15) is 4.79 Å². The van der Waals surface area contributed by atoms with Crippen molar-refractivity contribution in [2.45, 2.75) is 58.0 Å². The normalized spacial score (nSPS) is 15.6. The Morgan fingerprint density at radius 3 is 2.89 bits per heavy atom. The summed E-state index contributed by atoms with van der Waals surface area (Å²) in [5.41, 5.74) is 2.29. The first kappa shape index (κ1) is 18.3. The molecule has 0 bridgehead atoms. The van der Waals surface area contributed by atoms with Gasteiger partial charge in [-0.05, 0) is 44.4 Å². The Hall–Kier alpha value is -3.03. The zero-order valence-electron chi connectivity index (χ0n) is 16.1. The molecule has 1 aliphatic carbocycles. The van der Waals surface area contributed by atoms with E-state index in [-0.39, 0.29) is 11.9 Å². The van der Waals surface area contributed by atoms with Gasteiger partial charge in [0.25, 0.3) is 5.91 Å². The largest absolute Gasteiger partial charge is 0.339 e. The molecule has 1 N–H and O–H groups in total. The number of nitrogens with zero attached hydrogens (tertiary/aromatic N) is 5. The van der Waals surface area contributed by atoms with Gasteiger partial charge in [-0.2, -0.15) is 10.1 Å². The zero-order valence-corrected chi connectivity index (χ0v) is 16.1. The van der Waals surface area contributed by atoms with Gasteiger partial charge in [-0.25, -0.2) is 0 Å². The molecule has 1 saturated carbocycles. The van der Waals surface area contributed by atoms with E-state index in [1.54, 1.807) is 18.5 Å². The summed E-state index contributed by atoms with van der Waals surface area (Å²) in [7, 11) is 0. The molecule has 0 spiro atoms. The van der Waals surface area contributed by atoms with Crippen LogP contribution in [0.3, 0.4) is 0 Å². The molecule has 3 aromatic rings. The van der Waals surface area contributed by atoms with Crippen molar-refractivity contribution >= 4 is 5.91 Å². The van der Waals surface area contributed by atoms with Gasteiger partial charge in [-0.1, -0.05) is 24.9 Å². The van der Waals surface area contributed by atoms with Crippen LogP contribution in [0.1, 0.15) is 73.2 Å². The third-order valence-electron chi connectivity index (χ3n) is 5.18. The highest BCUT2D eigenvalue weighted by Gasteiger charge is 2.26. The first-order valence-electron chi connectivity index (χ1n) is 9.76. The molecule has 3 aromatic heterocycles. The number of aromatic nitrogens is 5. The number of rotatable bonds is 6. The Labute approximate surface area is 163 Å². The Bertz CT molecular complexity index is 957. The summed E-state index contributed by atoms with van der Waals surface area (Å²) in [5, 5.41) is 11.5. The van der Waals surface area contributed by atoms with Gasteiger partial charge in [0.05, 0.1) is 6.04 Å². The van der Waals surface area contributed by atoms with Crippen molar-refractivity contribution in [3.63, 3.8) is 0 Å². The van der Waals surface area contributed by atoms with Gasteiger partial charge >= 0.3 is 0 Å². The van der Waals surface area contributed by atoms with Gasteiger partial charge in [0.15, 0.2) is 0 Å². The number of hydrogen-bond donors (Lipinski definition) is 1. The summed E-state index contributed by atoms with van der Waals surface area (Å²) < 4.78 is 7.30. The number of nitrogens with one attached hydrogen (secondary N) is 1. The van der Waals surface area contributed by atoms with Gasteiger partial charge in [0, 0.05) is 23.7 Å². The Balaban J connectivity index is 1.51. The zero-order chi connectivity index (χ0) is 19.5.